The van der Waals surface area contributed by atoms with E-state index in [1.165, 1.54) is 5.56 Å². The second-order valence-electron chi connectivity index (χ2n) is 8.95. The Kier molecular flexibility index (Phi) is 6.32. The second kappa shape index (κ2) is 9.69. The molecular weight excluding hydrogens is 424 g/mol. The number of rotatable bonds is 7. The van der Waals surface area contributed by atoms with Crippen LogP contribution >= 0.6 is 0 Å². The van der Waals surface area contributed by atoms with Crippen molar-refractivity contribution in [2.24, 2.45) is 5.73 Å². The molecule has 2 N–H and O–H groups in total. The molecule has 0 atom stereocenters. The number of nitrogens with two attached hydrogens (primary N) is 1. The Labute approximate surface area is 200 Å². The van der Waals surface area contributed by atoms with E-state index in [9.17, 15) is 4.79 Å². The van der Waals surface area contributed by atoms with Crippen LogP contribution in [0.5, 0.6) is 5.75 Å². The number of benzene rings is 2. The summed E-state index contributed by atoms with van der Waals surface area (Å²) in [6, 6.07) is 18.7. The zero-order valence-corrected chi connectivity index (χ0v) is 19.5. The van der Waals surface area contributed by atoms with Gasteiger partial charge in [-0.25, -0.2) is 0 Å². The number of carbonyl (C=O) groups excluding carboxylic acids is 1. The largest absolute Gasteiger partial charge is 0.496 e. The van der Waals surface area contributed by atoms with Gasteiger partial charge in [-0.15, -0.1) is 0 Å². The van der Waals surface area contributed by atoms with Crippen LogP contribution in [0.3, 0.4) is 0 Å². The highest BCUT2D eigenvalue weighted by Crippen LogP contribution is 2.30. The minimum Gasteiger partial charge on any atom is -0.496 e. The maximum atomic E-state index is 11.6. The van der Waals surface area contributed by atoms with Crippen molar-refractivity contribution in [2.75, 3.05) is 26.7 Å². The Morgan fingerprint density at radius 2 is 1.94 bits per heavy atom. The lowest BCUT2D eigenvalue weighted by molar-refractivity contribution is 0.100. The van der Waals surface area contributed by atoms with Crippen LogP contribution in [-0.4, -0.2) is 47.1 Å². The Balaban J connectivity index is 1.24. The van der Waals surface area contributed by atoms with Gasteiger partial charge >= 0.3 is 0 Å². The molecule has 1 saturated heterocycles. The molecule has 5 rings (SSSR count). The minimum absolute atomic E-state index is 0.382. The van der Waals surface area contributed by atoms with Crippen LogP contribution < -0.4 is 10.5 Å². The number of likely N-dealkylation sites (tertiary alicyclic amines) is 1. The van der Waals surface area contributed by atoms with Gasteiger partial charge in [0.2, 0.25) is 5.91 Å². The fourth-order valence-corrected chi connectivity index (χ4v) is 5.01. The third kappa shape index (κ3) is 4.54. The van der Waals surface area contributed by atoms with Crippen molar-refractivity contribution < 1.29 is 9.53 Å². The molecule has 1 aliphatic rings. The summed E-state index contributed by atoms with van der Waals surface area (Å²) in [4.78, 5) is 18.4. The number of hydrogen-bond donors (Lipinski definition) is 1. The molecule has 1 fully saturated rings. The predicted molar refractivity (Wildman–Crippen MR) is 135 cm³/mol. The second-order valence-corrected chi connectivity index (χ2v) is 8.95. The van der Waals surface area contributed by atoms with Gasteiger partial charge in [0, 0.05) is 60.9 Å². The molecule has 0 spiro atoms. The van der Waals surface area contributed by atoms with E-state index >= 15 is 0 Å². The van der Waals surface area contributed by atoms with Gasteiger partial charge in [0.1, 0.15) is 5.75 Å². The van der Waals surface area contributed by atoms with Crippen molar-refractivity contribution in [1.82, 2.24) is 14.5 Å². The Hall–Kier alpha value is -3.64. The van der Waals surface area contributed by atoms with Crippen LogP contribution in [0.15, 0.2) is 73.2 Å². The molecule has 34 heavy (non-hydrogen) atoms. The zero-order chi connectivity index (χ0) is 23.5. The molecule has 0 saturated carbocycles. The molecule has 2 aromatic heterocycles. The number of aromatic nitrogens is 2. The summed E-state index contributed by atoms with van der Waals surface area (Å²) >= 11 is 0. The third-order valence-corrected chi connectivity index (χ3v) is 6.93. The number of primary amides is 1. The molecule has 6 heteroatoms. The first kappa shape index (κ1) is 22.2. The topological polar surface area (TPSA) is 73.4 Å². The first-order chi connectivity index (χ1) is 16.6. The van der Waals surface area contributed by atoms with E-state index in [4.69, 9.17) is 10.5 Å². The smallest absolute Gasteiger partial charge is 0.248 e. The van der Waals surface area contributed by atoms with E-state index in [-0.39, 0.29) is 5.91 Å². The summed E-state index contributed by atoms with van der Waals surface area (Å²) in [5.74, 6) is 0.555. The highest BCUT2D eigenvalue weighted by Gasteiger charge is 2.22. The van der Waals surface area contributed by atoms with Crippen LogP contribution in [0.1, 0.15) is 34.8 Å². The van der Waals surface area contributed by atoms with Gasteiger partial charge in [0.15, 0.2) is 0 Å². The fraction of sp³-hybridized carbons (Fsp3) is 0.286. The van der Waals surface area contributed by atoms with E-state index in [0.717, 1.165) is 66.7 Å². The van der Waals surface area contributed by atoms with Crippen LogP contribution in [0.2, 0.25) is 0 Å². The zero-order valence-electron chi connectivity index (χ0n) is 19.5. The third-order valence-electron chi connectivity index (χ3n) is 6.93. The average Bonchev–Trinajstić information content (AvgIpc) is 3.31. The monoisotopic (exact) mass is 454 g/mol. The summed E-state index contributed by atoms with van der Waals surface area (Å²) in [5.41, 5.74) is 10.7. The number of pyridine rings is 1. The van der Waals surface area contributed by atoms with Crippen molar-refractivity contribution in [3.8, 4) is 16.9 Å². The fourth-order valence-electron chi connectivity index (χ4n) is 5.01. The normalized spacial score (nSPS) is 15.0. The van der Waals surface area contributed by atoms with Gasteiger partial charge in [-0.05, 0) is 72.2 Å². The Morgan fingerprint density at radius 3 is 2.68 bits per heavy atom. The van der Waals surface area contributed by atoms with Gasteiger partial charge in [-0.2, -0.15) is 0 Å². The van der Waals surface area contributed by atoms with Crippen molar-refractivity contribution in [1.29, 1.82) is 0 Å². The molecule has 2 aromatic carbocycles. The Bertz CT molecular complexity index is 1290. The van der Waals surface area contributed by atoms with E-state index in [2.05, 4.69) is 51.0 Å². The summed E-state index contributed by atoms with van der Waals surface area (Å²) in [7, 11) is 1.74. The van der Waals surface area contributed by atoms with Crippen LogP contribution in [0.25, 0.3) is 22.0 Å². The molecule has 4 aromatic rings. The molecule has 1 amide bonds. The molecule has 3 heterocycles. The van der Waals surface area contributed by atoms with Gasteiger partial charge < -0.3 is 19.9 Å². The summed E-state index contributed by atoms with van der Waals surface area (Å²) in [5, 5.41) is 1.15. The molecule has 1 aliphatic heterocycles. The van der Waals surface area contributed by atoms with E-state index in [1.807, 2.05) is 24.4 Å². The predicted octanol–water partition coefficient (Wildman–Crippen LogP) is 4.69. The molecule has 0 aliphatic carbocycles. The van der Waals surface area contributed by atoms with Crippen LogP contribution in [0.4, 0.5) is 0 Å². The number of nitrogens with zero attached hydrogens (tertiary/aromatic N) is 3. The number of amides is 1. The molecular formula is C28H30N4O2. The summed E-state index contributed by atoms with van der Waals surface area (Å²) < 4.78 is 7.96. The van der Waals surface area contributed by atoms with E-state index in [1.54, 1.807) is 19.4 Å². The van der Waals surface area contributed by atoms with E-state index in [0.29, 0.717) is 11.6 Å². The van der Waals surface area contributed by atoms with Crippen LogP contribution in [0, 0.1) is 0 Å². The van der Waals surface area contributed by atoms with Gasteiger partial charge in [-0.3, -0.25) is 9.78 Å². The lowest BCUT2D eigenvalue weighted by Gasteiger charge is -2.33. The molecule has 0 unspecified atom stereocenters. The number of piperidine rings is 1. The van der Waals surface area contributed by atoms with Gasteiger partial charge in [0.25, 0.3) is 0 Å². The maximum Gasteiger partial charge on any atom is 0.248 e. The minimum atomic E-state index is -0.382. The number of methoxy groups -OCH3 is 1. The Morgan fingerprint density at radius 1 is 1.09 bits per heavy atom. The lowest BCUT2D eigenvalue weighted by atomic mass is 10.0. The standard InChI is InChI=1S/C28H30N4O2/c1-34-27-7-6-21(24-3-2-12-30-19-24)17-22(27)8-13-31-14-10-25(11-15-31)32-16-9-20-4-5-23(28(29)33)18-26(20)32/h2-7,9,12,16-19,25H,8,10-11,13-15H2,1H3,(H2,29,33). The number of ether oxygens (including phenoxy) is 1. The lowest BCUT2D eigenvalue weighted by Crippen LogP contribution is -2.35. The van der Waals surface area contributed by atoms with Crippen molar-refractivity contribution in [2.45, 2.75) is 25.3 Å². The van der Waals surface area contributed by atoms with Crippen molar-refractivity contribution >= 4 is 16.8 Å². The number of hydrogen-bond acceptors (Lipinski definition) is 4. The van der Waals surface area contributed by atoms with Crippen LogP contribution in [-0.2, 0) is 6.42 Å². The van der Waals surface area contributed by atoms with Crippen molar-refractivity contribution in [3.63, 3.8) is 0 Å². The highest BCUT2D eigenvalue weighted by atomic mass is 16.5. The number of fused-ring (bicyclic) bond motifs is 1. The quantitative estimate of drug-likeness (QED) is 0.440. The molecule has 174 valence electrons. The summed E-state index contributed by atoms with van der Waals surface area (Å²) in [6.07, 6.45) is 8.94. The van der Waals surface area contributed by atoms with E-state index < -0.39 is 0 Å². The van der Waals surface area contributed by atoms with Crippen molar-refractivity contribution in [3.05, 3.63) is 84.3 Å². The van der Waals surface area contributed by atoms with Gasteiger partial charge in [0.05, 0.1) is 7.11 Å². The van der Waals surface area contributed by atoms with Gasteiger partial charge in [-0.1, -0.05) is 18.2 Å². The highest BCUT2D eigenvalue weighted by molar-refractivity contribution is 5.97. The molecule has 0 bridgehead atoms. The first-order valence-electron chi connectivity index (χ1n) is 11.8. The summed E-state index contributed by atoms with van der Waals surface area (Å²) in [6.45, 7) is 3.09. The number of carbonyl (C=O) groups is 1. The SMILES string of the molecule is COc1ccc(-c2cccnc2)cc1CCN1CCC(n2ccc3ccc(C(N)=O)cc32)CC1. The first-order valence-corrected chi connectivity index (χ1v) is 11.8. The molecule has 0 radical (unpaired) electrons. The maximum absolute atomic E-state index is 11.6. The molecule has 6 nitrogen and oxygen atoms in total. The average molecular weight is 455 g/mol.